The molecule has 0 saturated carbocycles. The Balaban J connectivity index is 2.23. The highest BCUT2D eigenvalue weighted by atomic mass is 79.9. The molecule has 0 aromatic heterocycles. The van der Waals surface area contributed by atoms with E-state index in [1.807, 2.05) is 49.4 Å². The lowest BCUT2D eigenvalue weighted by Gasteiger charge is -2.11. The van der Waals surface area contributed by atoms with E-state index in [0.717, 1.165) is 21.3 Å². The van der Waals surface area contributed by atoms with Crippen LogP contribution in [0.25, 0.3) is 0 Å². The highest BCUT2D eigenvalue weighted by Gasteiger charge is 2.07. The van der Waals surface area contributed by atoms with Gasteiger partial charge in [-0.3, -0.25) is 0 Å². The van der Waals surface area contributed by atoms with Crippen LogP contribution >= 0.6 is 15.9 Å². The molecule has 3 N–H and O–H groups in total. The van der Waals surface area contributed by atoms with Crippen molar-refractivity contribution in [3.05, 3.63) is 58.1 Å². The Morgan fingerprint density at radius 1 is 1.26 bits per heavy atom. The van der Waals surface area contributed by atoms with E-state index >= 15 is 0 Å². The summed E-state index contributed by atoms with van der Waals surface area (Å²) in [5.74, 6) is 1.42. The molecule has 1 atom stereocenters. The summed E-state index contributed by atoms with van der Waals surface area (Å²) >= 11 is 3.48. The van der Waals surface area contributed by atoms with Crippen LogP contribution in [-0.2, 0) is 6.61 Å². The summed E-state index contributed by atoms with van der Waals surface area (Å²) in [7, 11) is 0. The maximum atomic E-state index is 9.10. The average Bonchev–Trinajstić information content (AvgIpc) is 2.41. The number of benzene rings is 2. The second-order valence-corrected chi connectivity index (χ2v) is 5.24. The van der Waals surface area contributed by atoms with Gasteiger partial charge in [-0.25, -0.2) is 0 Å². The van der Waals surface area contributed by atoms with Gasteiger partial charge in [-0.2, -0.15) is 0 Å². The van der Waals surface area contributed by atoms with Crippen molar-refractivity contribution in [3.8, 4) is 11.5 Å². The molecule has 0 aliphatic rings. The zero-order valence-corrected chi connectivity index (χ0v) is 12.2. The van der Waals surface area contributed by atoms with E-state index in [9.17, 15) is 0 Å². The first kappa shape index (κ1) is 14.1. The van der Waals surface area contributed by atoms with E-state index in [1.165, 1.54) is 0 Å². The van der Waals surface area contributed by atoms with Crippen LogP contribution in [0.5, 0.6) is 11.5 Å². The number of halogens is 1. The third-order valence-corrected chi connectivity index (χ3v) is 3.41. The number of ether oxygens (including phenoxy) is 1. The van der Waals surface area contributed by atoms with Crippen LogP contribution in [0.3, 0.4) is 0 Å². The maximum Gasteiger partial charge on any atom is 0.141 e. The Kier molecular flexibility index (Phi) is 4.58. The Bertz CT molecular complexity index is 570. The average molecular weight is 322 g/mol. The summed E-state index contributed by atoms with van der Waals surface area (Å²) in [6.07, 6.45) is 0. The first-order chi connectivity index (χ1) is 9.10. The maximum absolute atomic E-state index is 9.10. The molecule has 0 radical (unpaired) electrons. The predicted molar refractivity (Wildman–Crippen MR) is 79.2 cm³/mol. The summed E-state index contributed by atoms with van der Waals surface area (Å²) < 4.78 is 6.65. The lowest BCUT2D eigenvalue weighted by Crippen LogP contribution is -2.04. The summed E-state index contributed by atoms with van der Waals surface area (Å²) in [5.41, 5.74) is 7.70. The van der Waals surface area contributed by atoms with E-state index in [1.54, 1.807) is 0 Å². The molecule has 0 aliphatic heterocycles. The van der Waals surface area contributed by atoms with Crippen LogP contribution in [0.15, 0.2) is 46.9 Å². The molecule has 0 spiro atoms. The summed E-state index contributed by atoms with van der Waals surface area (Å²) in [5, 5.41) is 9.10. The van der Waals surface area contributed by atoms with Crippen LogP contribution in [0.2, 0.25) is 0 Å². The molecular formula is C15H16BrNO2. The van der Waals surface area contributed by atoms with Crippen molar-refractivity contribution in [3.63, 3.8) is 0 Å². The van der Waals surface area contributed by atoms with Crippen molar-refractivity contribution in [2.45, 2.75) is 19.6 Å². The molecule has 0 bridgehead atoms. The van der Waals surface area contributed by atoms with E-state index in [4.69, 9.17) is 15.6 Å². The fourth-order valence-corrected chi connectivity index (χ4v) is 2.19. The van der Waals surface area contributed by atoms with Crippen LogP contribution in [0, 0.1) is 0 Å². The van der Waals surface area contributed by atoms with Crippen molar-refractivity contribution >= 4 is 15.9 Å². The summed E-state index contributed by atoms with van der Waals surface area (Å²) in [6.45, 7) is 1.94. The topological polar surface area (TPSA) is 55.5 Å². The molecule has 100 valence electrons. The van der Waals surface area contributed by atoms with Crippen molar-refractivity contribution in [2.24, 2.45) is 5.73 Å². The lowest BCUT2D eigenvalue weighted by atomic mass is 10.1. The zero-order chi connectivity index (χ0) is 13.8. The minimum atomic E-state index is -0.0110. The Morgan fingerprint density at radius 2 is 2.05 bits per heavy atom. The fraction of sp³-hybridized carbons (Fsp3) is 0.200. The number of rotatable bonds is 4. The highest BCUT2D eigenvalue weighted by Crippen LogP contribution is 2.31. The number of hydrogen-bond acceptors (Lipinski definition) is 3. The van der Waals surface area contributed by atoms with Crippen molar-refractivity contribution in [2.75, 3.05) is 0 Å². The zero-order valence-electron chi connectivity index (χ0n) is 10.6. The molecule has 0 aliphatic carbocycles. The standard InChI is InChI=1S/C15H16BrNO2/c1-10(17)12-5-6-15(14(16)8-12)19-13-4-2-3-11(7-13)9-18/h2-8,10,18H,9,17H2,1H3. The molecule has 2 aromatic rings. The first-order valence-electron chi connectivity index (χ1n) is 6.03. The van der Waals surface area contributed by atoms with Gasteiger partial charge in [-0.1, -0.05) is 18.2 Å². The van der Waals surface area contributed by atoms with Crippen molar-refractivity contribution in [1.82, 2.24) is 0 Å². The Morgan fingerprint density at radius 3 is 2.68 bits per heavy atom. The van der Waals surface area contributed by atoms with Crippen LogP contribution in [-0.4, -0.2) is 5.11 Å². The Hall–Kier alpha value is -1.36. The lowest BCUT2D eigenvalue weighted by molar-refractivity contribution is 0.281. The SMILES string of the molecule is CC(N)c1ccc(Oc2cccc(CO)c2)c(Br)c1. The van der Waals surface area contributed by atoms with E-state index in [0.29, 0.717) is 5.75 Å². The van der Waals surface area contributed by atoms with Gasteiger partial charge in [0.05, 0.1) is 11.1 Å². The fourth-order valence-electron chi connectivity index (χ4n) is 1.72. The summed E-state index contributed by atoms with van der Waals surface area (Å²) in [4.78, 5) is 0. The van der Waals surface area contributed by atoms with Gasteiger partial charge in [0.25, 0.3) is 0 Å². The minimum Gasteiger partial charge on any atom is -0.456 e. The molecule has 0 saturated heterocycles. The molecule has 0 heterocycles. The molecule has 0 amide bonds. The van der Waals surface area contributed by atoms with Gasteiger partial charge in [0, 0.05) is 6.04 Å². The van der Waals surface area contributed by atoms with Gasteiger partial charge >= 0.3 is 0 Å². The smallest absolute Gasteiger partial charge is 0.141 e. The molecule has 2 aromatic carbocycles. The second kappa shape index (κ2) is 6.19. The molecule has 1 unspecified atom stereocenters. The normalized spacial score (nSPS) is 12.2. The van der Waals surface area contributed by atoms with E-state index in [-0.39, 0.29) is 12.6 Å². The number of aliphatic hydroxyl groups excluding tert-OH is 1. The minimum absolute atomic E-state index is 0.00198. The monoisotopic (exact) mass is 321 g/mol. The molecule has 4 heteroatoms. The molecule has 2 rings (SSSR count). The van der Waals surface area contributed by atoms with Gasteiger partial charge in [0.1, 0.15) is 11.5 Å². The molecule has 3 nitrogen and oxygen atoms in total. The Labute approximate surface area is 121 Å². The van der Waals surface area contributed by atoms with Crippen LogP contribution in [0.4, 0.5) is 0 Å². The van der Waals surface area contributed by atoms with Crippen molar-refractivity contribution in [1.29, 1.82) is 0 Å². The molecular weight excluding hydrogens is 306 g/mol. The van der Waals surface area contributed by atoms with Gasteiger partial charge in [0.15, 0.2) is 0 Å². The number of hydrogen-bond donors (Lipinski definition) is 2. The van der Waals surface area contributed by atoms with Crippen LogP contribution < -0.4 is 10.5 Å². The van der Waals surface area contributed by atoms with Gasteiger partial charge in [0.2, 0.25) is 0 Å². The van der Waals surface area contributed by atoms with E-state index < -0.39 is 0 Å². The molecule has 0 fully saturated rings. The third-order valence-electron chi connectivity index (χ3n) is 2.79. The largest absolute Gasteiger partial charge is 0.456 e. The van der Waals surface area contributed by atoms with Gasteiger partial charge in [-0.15, -0.1) is 0 Å². The van der Waals surface area contributed by atoms with Gasteiger partial charge in [-0.05, 0) is 58.2 Å². The van der Waals surface area contributed by atoms with Crippen molar-refractivity contribution < 1.29 is 9.84 Å². The molecule has 19 heavy (non-hydrogen) atoms. The second-order valence-electron chi connectivity index (χ2n) is 4.39. The van der Waals surface area contributed by atoms with Crippen LogP contribution in [0.1, 0.15) is 24.1 Å². The number of aliphatic hydroxyl groups is 1. The highest BCUT2D eigenvalue weighted by molar-refractivity contribution is 9.10. The van der Waals surface area contributed by atoms with Gasteiger partial charge < -0.3 is 15.6 Å². The first-order valence-corrected chi connectivity index (χ1v) is 6.82. The predicted octanol–water partition coefficient (Wildman–Crippen LogP) is 3.75. The third kappa shape index (κ3) is 3.56. The number of nitrogens with two attached hydrogens (primary N) is 1. The van der Waals surface area contributed by atoms with E-state index in [2.05, 4.69) is 15.9 Å². The summed E-state index contributed by atoms with van der Waals surface area (Å²) in [6, 6.07) is 13.1. The quantitative estimate of drug-likeness (QED) is 0.901.